The average molecular weight is 383 g/mol. The van der Waals surface area contributed by atoms with Crippen LogP contribution in [0.2, 0.25) is 0 Å². The van der Waals surface area contributed by atoms with Gasteiger partial charge in [0.25, 0.3) is 0 Å². The van der Waals surface area contributed by atoms with E-state index in [1.54, 1.807) is 6.92 Å². The number of nitrogens with one attached hydrogen (secondary N) is 1. The molecule has 22 heavy (non-hydrogen) atoms. The molecule has 1 atom stereocenters. The summed E-state index contributed by atoms with van der Waals surface area (Å²) in [6.07, 6.45) is -4.41. The van der Waals surface area contributed by atoms with Crippen LogP contribution in [0, 0.1) is 0 Å². The zero-order chi connectivity index (χ0) is 16.3. The SMILES string of the molecule is CCOc1cc([C@@H](N2CCNCC2)C(F)(F)F)cc(Br)c1O. The van der Waals surface area contributed by atoms with Crippen molar-refractivity contribution >= 4 is 15.9 Å². The summed E-state index contributed by atoms with van der Waals surface area (Å²) in [4.78, 5) is 1.39. The molecule has 1 saturated heterocycles. The Labute approximate surface area is 135 Å². The van der Waals surface area contributed by atoms with Gasteiger partial charge in [-0.3, -0.25) is 4.90 Å². The predicted molar refractivity (Wildman–Crippen MR) is 80.2 cm³/mol. The number of phenolic OH excluding ortho intramolecular Hbond substituents is 1. The van der Waals surface area contributed by atoms with Gasteiger partial charge in [0.2, 0.25) is 0 Å². The van der Waals surface area contributed by atoms with Crippen molar-refractivity contribution in [3.63, 3.8) is 0 Å². The Balaban J connectivity index is 2.42. The second-order valence-corrected chi connectivity index (χ2v) is 5.87. The minimum Gasteiger partial charge on any atom is -0.503 e. The smallest absolute Gasteiger partial charge is 0.408 e. The predicted octanol–water partition coefficient (Wildman–Crippen LogP) is 3.06. The first-order valence-electron chi connectivity index (χ1n) is 7.01. The molecule has 1 heterocycles. The first-order chi connectivity index (χ1) is 10.3. The van der Waals surface area contributed by atoms with Crippen LogP contribution in [0.25, 0.3) is 0 Å². The van der Waals surface area contributed by atoms with E-state index in [0.29, 0.717) is 26.2 Å². The molecular weight excluding hydrogens is 365 g/mol. The number of hydrogen-bond donors (Lipinski definition) is 2. The topological polar surface area (TPSA) is 44.7 Å². The van der Waals surface area contributed by atoms with Crippen molar-refractivity contribution in [1.82, 2.24) is 10.2 Å². The van der Waals surface area contributed by atoms with Crippen LogP contribution < -0.4 is 10.1 Å². The first-order valence-corrected chi connectivity index (χ1v) is 7.80. The van der Waals surface area contributed by atoms with E-state index in [1.165, 1.54) is 17.0 Å². The number of nitrogens with zero attached hydrogens (tertiary/aromatic N) is 1. The fourth-order valence-electron chi connectivity index (χ4n) is 2.56. The molecule has 0 saturated carbocycles. The summed E-state index contributed by atoms with van der Waals surface area (Å²) in [5, 5.41) is 12.9. The Kier molecular flexibility index (Phi) is 5.57. The van der Waals surface area contributed by atoms with Crippen LogP contribution in [-0.4, -0.2) is 49.0 Å². The molecule has 1 aromatic rings. The van der Waals surface area contributed by atoms with Crippen molar-refractivity contribution in [1.29, 1.82) is 0 Å². The second kappa shape index (κ2) is 7.06. The number of ether oxygens (including phenoxy) is 1. The molecule has 0 amide bonds. The lowest BCUT2D eigenvalue weighted by Crippen LogP contribution is -2.49. The maximum atomic E-state index is 13.6. The minimum atomic E-state index is -4.41. The van der Waals surface area contributed by atoms with Gasteiger partial charge in [0.15, 0.2) is 11.5 Å². The fourth-order valence-corrected chi connectivity index (χ4v) is 3.02. The number of phenols is 1. The van der Waals surface area contributed by atoms with Crippen molar-refractivity contribution in [2.75, 3.05) is 32.8 Å². The van der Waals surface area contributed by atoms with Crippen molar-refractivity contribution in [3.05, 3.63) is 22.2 Å². The summed E-state index contributed by atoms with van der Waals surface area (Å²) in [6, 6.07) is 0.854. The number of hydrogen-bond acceptors (Lipinski definition) is 4. The summed E-state index contributed by atoms with van der Waals surface area (Å²) in [6.45, 7) is 3.62. The summed E-state index contributed by atoms with van der Waals surface area (Å²) in [5.74, 6) is -0.136. The van der Waals surface area contributed by atoms with Crippen LogP contribution in [0.15, 0.2) is 16.6 Å². The minimum absolute atomic E-state index is 0.0521. The van der Waals surface area contributed by atoms with Gasteiger partial charge in [-0.1, -0.05) is 0 Å². The molecule has 0 aromatic heterocycles. The summed E-state index contributed by atoms with van der Waals surface area (Å²) >= 11 is 3.10. The van der Waals surface area contributed by atoms with E-state index in [1.807, 2.05) is 0 Å². The summed E-state index contributed by atoms with van der Waals surface area (Å²) < 4.78 is 46.1. The lowest BCUT2D eigenvalue weighted by Gasteiger charge is -2.36. The van der Waals surface area contributed by atoms with Gasteiger partial charge in [-0.15, -0.1) is 0 Å². The zero-order valence-electron chi connectivity index (χ0n) is 12.1. The van der Waals surface area contributed by atoms with E-state index in [0.717, 1.165) is 0 Å². The van der Waals surface area contributed by atoms with Gasteiger partial charge < -0.3 is 15.2 Å². The number of alkyl halides is 3. The zero-order valence-corrected chi connectivity index (χ0v) is 13.7. The molecule has 4 nitrogen and oxygen atoms in total. The van der Waals surface area contributed by atoms with Crippen LogP contribution in [0.1, 0.15) is 18.5 Å². The fraction of sp³-hybridized carbons (Fsp3) is 0.571. The summed E-state index contributed by atoms with van der Waals surface area (Å²) in [7, 11) is 0. The van der Waals surface area contributed by atoms with Gasteiger partial charge in [-0.05, 0) is 40.5 Å². The Hall–Kier alpha value is -0.990. The number of benzene rings is 1. The molecule has 0 unspecified atom stereocenters. The largest absolute Gasteiger partial charge is 0.503 e. The number of aromatic hydroxyl groups is 1. The molecule has 0 bridgehead atoms. The van der Waals surface area contributed by atoms with Gasteiger partial charge in [-0.25, -0.2) is 0 Å². The lowest BCUT2D eigenvalue weighted by molar-refractivity contribution is -0.187. The maximum Gasteiger partial charge on any atom is 0.408 e. The molecule has 1 fully saturated rings. The standard InChI is InChI=1S/C14H18BrF3N2O2/c1-2-22-11-8-9(7-10(15)12(11)21)13(14(16,17)18)20-5-3-19-4-6-20/h7-8,13,19,21H,2-6H2,1H3/t13-/m1/s1. The van der Waals surface area contributed by atoms with E-state index >= 15 is 0 Å². The molecule has 1 aliphatic heterocycles. The van der Waals surface area contributed by atoms with E-state index in [9.17, 15) is 18.3 Å². The Morgan fingerprint density at radius 2 is 2.00 bits per heavy atom. The molecular formula is C14H18BrF3N2O2. The Bertz CT molecular complexity index is 520. The molecule has 0 aliphatic carbocycles. The quantitative estimate of drug-likeness (QED) is 0.839. The highest BCUT2D eigenvalue weighted by molar-refractivity contribution is 9.10. The Morgan fingerprint density at radius 3 is 2.55 bits per heavy atom. The third-order valence-corrected chi connectivity index (χ3v) is 4.10. The number of halogens is 4. The monoisotopic (exact) mass is 382 g/mol. The normalized spacial score (nSPS) is 18.2. The molecule has 2 N–H and O–H groups in total. The van der Waals surface area contributed by atoms with Gasteiger partial charge in [0.05, 0.1) is 11.1 Å². The molecule has 1 aromatic carbocycles. The van der Waals surface area contributed by atoms with Crippen LogP contribution in [0.3, 0.4) is 0 Å². The van der Waals surface area contributed by atoms with Gasteiger partial charge in [-0.2, -0.15) is 13.2 Å². The Morgan fingerprint density at radius 1 is 1.36 bits per heavy atom. The van der Waals surface area contributed by atoms with Gasteiger partial charge >= 0.3 is 6.18 Å². The van der Waals surface area contributed by atoms with Crippen LogP contribution in [0.5, 0.6) is 11.5 Å². The number of piperazine rings is 1. The van der Waals surface area contributed by atoms with Crippen LogP contribution in [-0.2, 0) is 0 Å². The van der Waals surface area contributed by atoms with Crippen molar-refractivity contribution < 1.29 is 23.0 Å². The maximum absolute atomic E-state index is 13.6. The van der Waals surface area contributed by atoms with Crippen molar-refractivity contribution in [2.45, 2.75) is 19.1 Å². The van der Waals surface area contributed by atoms with Gasteiger partial charge in [0.1, 0.15) is 6.04 Å². The van der Waals surface area contributed by atoms with E-state index < -0.39 is 12.2 Å². The molecule has 8 heteroatoms. The molecule has 124 valence electrons. The second-order valence-electron chi connectivity index (χ2n) is 5.01. The lowest BCUT2D eigenvalue weighted by atomic mass is 10.0. The average Bonchev–Trinajstić information content (AvgIpc) is 2.44. The molecule has 0 spiro atoms. The van der Waals surface area contributed by atoms with Crippen molar-refractivity contribution in [2.24, 2.45) is 0 Å². The summed E-state index contributed by atoms with van der Waals surface area (Å²) in [5.41, 5.74) is 0.0579. The third kappa shape index (κ3) is 3.85. The highest BCUT2D eigenvalue weighted by Gasteiger charge is 2.45. The van der Waals surface area contributed by atoms with E-state index in [2.05, 4.69) is 21.2 Å². The highest BCUT2D eigenvalue weighted by Crippen LogP contribution is 2.43. The first kappa shape index (κ1) is 17.4. The van der Waals surface area contributed by atoms with E-state index in [-0.39, 0.29) is 28.1 Å². The molecule has 1 aliphatic rings. The van der Waals surface area contributed by atoms with Crippen LogP contribution >= 0.6 is 15.9 Å². The van der Waals surface area contributed by atoms with Crippen LogP contribution in [0.4, 0.5) is 13.2 Å². The van der Waals surface area contributed by atoms with E-state index in [4.69, 9.17) is 4.74 Å². The number of rotatable bonds is 4. The molecule has 0 radical (unpaired) electrons. The highest BCUT2D eigenvalue weighted by atomic mass is 79.9. The third-order valence-electron chi connectivity index (χ3n) is 3.49. The van der Waals surface area contributed by atoms with Gasteiger partial charge in [0, 0.05) is 26.2 Å². The molecule has 2 rings (SSSR count). The van der Waals surface area contributed by atoms with Crippen molar-refractivity contribution in [3.8, 4) is 11.5 Å².